The number of carbonyl (C=O) groups excluding carboxylic acids is 1. The fourth-order valence-electron chi connectivity index (χ4n) is 5.73. The molecular formula is C24H30F2N8O. The van der Waals surface area contributed by atoms with Crippen LogP contribution in [0.1, 0.15) is 74.0 Å². The quantitative estimate of drug-likeness (QED) is 0.572. The molecule has 1 saturated carbocycles. The van der Waals surface area contributed by atoms with E-state index in [0.717, 1.165) is 57.4 Å². The first kappa shape index (κ1) is 22.4. The SMILES string of the molecule is C[C@H]1CC[C@H](n2cc(NC(=O)c3cnn4ccc(N5CC6CCC(C5)N6)nc34)c(C(F)F)n2)CC1. The number of halogens is 2. The van der Waals surface area contributed by atoms with Gasteiger partial charge in [-0.2, -0.15) is 10.2 Å². The summed E-state index contributed by atoms with van der Waals surface area (Å²) >= 11 is 0. The Kier molecular flexibility index (Phi) is 5.66. The summed E-state index contributed by atoms with van der Waals surface area (Å²) in [7, 11) is 0. The first-order valence-corrected chi connectivity index (χ1v) is 12.5. The first-order valence-electron chi connectivity index (χ1n) is 12.5. The van der Waals surface area contributed by atoms with Crippen LogP contribution in [0.4, 0.5) is 20.3 Å². The van der Waals surface area contributed by atoms with Gasteiger partial charge in [0, 0.05) is 37.6 Å². The summed E-state index contributed by atoms with van der Waals surface area (Å²) in [5.74, 6) is 0.904. The highest BCUT2D eigenvalue weighted by Crippen LogP contribution is 2.34. The van der Waals surface area contributed by atoms with Crippen LogP contribution in [0.5, 0.6) is 0 Å². The summed E-state index contributed by atoms with van der Waals surface area (Å²) in [5.41, 5.74) is 0.277. The molecule has 9 nitrogen and oxygen atoms in total. The van der Waals surface area contributed by atoms with E-state index in [-0.39, 0.29) is 17.3 Å². The topological polar surface area (TPSA) is 92.4 Å². The monoisotopic (exact) mass is 484 g/mol. The Bertz CT molecular complexity index is 1220. The summed E-state index contributed by atoms with van der Waals surface area (Å²) < 4.78 is 30.7. The summed E-state index contributed by atoms with van der Waals surface area (Å²) in [6.07, 6.45) is 8.16. The van der Waals surface area contributed by atoms with E-state index in [2.05, 4.69) is 32.7 Å². The van der Waals surface area contributed by atoms with Crippen molar-refractivity contribution >= 4 is 23.1 Å². The van der Waals surface area contributed by atoms with Gasteiger partial charge in [-0.05, 0) is 50.5 Å². The van der Waals surface area contributed by atoms with Crippen LogP contribution in [0.3, 0.4) is 0 Å². The maximum atomic E-state index is 13.8. The van der Waals surface area contributed by atoms with Crippen LogP contribution in [-0.4, -0.2) is 55.5 Å². The average molecular weight is 485 g/mol. The minimum atomic E-state index is -2.79. The Labute approximate surface area is 201 Å². The van der Waals surface area contributed by atoms with Crippen LogP contribution in [-0.2, 0) is 0 Å². The third-order valence-corrected chi connectivity index (χ3v) is 7.71. The van der Waals surface area contributed by atoms with Crippen molar-refractivity contribution in [2.75, 3.05) is 23.3 Å². The highest BCUT2D eigenvalue weighted by Gasteiger charge is 2.33. The number of rotatable bonds is 5. The molecule has 2 N–H and O–H groups in total. The molecule has 0 radical (unpaired) electrons. The van der Waals surface area contributed by atoms with E-state index in [4.69, 9.17) is 4.98 Å². The number of carbonyl (C=O) groups is 1. The molecule has 0 aromatic carbocycles. The number of anilines is 2. The van der Waals surface area contributed by atoms with Crippen LogP contribution in [0.25, 0.3) is 5.65 Å². The van der Waals surface area contributed by atoms with E-state index in [9.17, 15) is 13.6 Å². The molecule has 186 valence electrons. The lowest BCUT2D eigenvalue weighted by Crippen LogP contribution is -2.51. The number of hydrogen-bond acceptors (Lipinski definition) is 6. The normalized spacial score (nSPS) is 26.6. The molecule has 2 atom stereocenters. The van der Waals surface area contributed by atoms with Crippen molar-refractivity contribution in [1.29, 1.82) is 0 Å². The second-order valence-electron chi connectivity index (χ2n) is 10.2. The Morgan fingerprint density at radius 2 is 1.89 bits per heavy atom. The summed E-state index contributed by atoms with van der Waals surface area (Å²) in [6, 6.07) is 2.88. The lowest BCUT2D eigenvalue weighted by Gasteiger charge is -2.33. The van der Waals surface area contributed by atoms with E-state index in [1.165, 1.54) is 10.7 Å². The average Bonchev–Trinajstić information content (AvgIpc) is 3.55. The lowest BCUT2D eigenvalue weighted by atomic mass is 9.87. The van der Waals surface area contributed by atoms with Gasteiger partial charge in [0.25, 0.3) is 12.3 Å². The largest absolute Gasteiger partial charge is 0.353 e. The second-order valence-corrected chi connectivity index (χ2v) is 10.2. The van der Waals surface area contributed by atoms with Crippen molar-refractivity contribution in [3.05, 3.63) is 35.9 Å². The predicted octanol–water partition coefficient (Wildman–Crippen LogP) is 3.81. The number of piperazine rings is 1. The van der Waals surface area contributed by atoms with Crippen molar-refractivity contribution in [2.24, 2.45) is 5.92 Å². The van der Waals surface area contributed by atoms with Crippen LogP contribution < -0.4 is 15.5 Å². The molecule has 3 aromatic rings. The minimum Gasteiger partial charge on any atom is -0.353 e. The van der Waals surface area contributed by atoms with Crippen molar-refractivity contribution in [2.45, 2.75) is 70.0 Å². The first-order chi connectivity index (χ1) is 16.9. The van der Waals surface area contributed by atoms with Gasteiger partial charge in [0.2, 0.25) is 0 Å². The van der Waals surface area contributed by atoms with Crippen LogP contribution >= 0.6 is 0 Å². The van der Waals surface area contributed by atoms with Crippen molar-refractivity contribution < 1.29 is 13.6 Å². The summed E-state index contributed by atoms with van der Waals surface area (Å²) in [5, 5.41) is 14.7. The van der Waals surface area contributed by atoms with Gasteiger partial charge in [0.15, 0.2) is 11.3 Å². The summed E-state index contributed by atoms with van der Waals surface area (Å²) in [6.45, 7) is 3.94. The van der Waals surface area contributed by atoms with Gasteiger partial charge in [-0.15, -0.1) is 0 Å². The zero-order valence-electron chi connectivity index (χ0n) is 19.7. The number of fused-ring (bicyclic) bond motifs is 3. The van der Waals surface area contributed by atoms with Crippen molar-refractivity contribution in [3.8, 4) is 0 Å². The highest BCUT2D eigenvalue weighted by molar-refractivity contribution is 6.08. The predicted molar refractivity (Wildman–Crippen MR) is 127 cm³/mol. The smallest absolute Gasteiger partial charge is 0.284 e. The standard InChI is InChI=1S/C24H30F2N8O/c1-14-2-6-17(7-3-14)34-13-19(21(31-34)22(25)26)29-24(35)18-10-27-33-9-8-20(30-23(18)33)32-11-15-4-5-16(12-32)28-15/h8-10,13-17,22,28H,2-7,11-12H2,1H3,(H,29,35)/t14-,15?,16?,17-. The molecule has 3 aromatic heterocycles. The molecule has 2 aliphatic heterocycles. The number of nitrogens with one attached hydrogen (secondary N) is 2. The fourth-order valence-corrected chi connectivity index (χ4v) is 5.73. The third kappa shape index (κ3) is 4.26. The van der Waals surface area contributed by atoms with Gasteiger partial charge >= 0.3 is 0 Å². The lowest BCUT2D eigenvalue weighted by molar-refractivity contribution is 0.102. The van der Waals surface area contributed by atoms with E-state index >= 15 is 0 Å². The fraction of sp³-hybridized carbons (Fsp3) is 0.583. The maximum Gasteiger partial charge on any atom is 0.284 e. The molecule has 3 fully saturated rings. The van der Waals surface area contributed by atoms with Gasteiger partial charge in [-0.3, -0.25) is 9.48 Å². The number of amides is 1. The molecule has 1 aliphatic carbocycles. The molecule has 5 heterocycles. The highest BCUT2D eigenvalue weighted by atomic mass is 19.3. The van der Waals surface area contributed by atoms with Crippen molar-refractivity contribution in [1.82, 2.24) is 29.7 Å². The van der Waals surface area contributed by atoms with Gasteiger partial charge in [-0.1, -0.05) is 6.92 Å². The van der Waals surface area contributed by atoms with Gasteiger partial charge in [-0.25, -0.2) is 18.3 Å². The van der Waals surface area contributed by atoms with E-state index in [1.54, 1.807) is 17.1 Å². The van der Waals surface area contributed by atoms with Crippen LogP contribution in [0.2, 0.25) is 0 Å². The van der Waals surface area contributed by atoms with Gasteiger partial charge in [0.1, 0.15) is 11.4 Å². The molecule has 11 heteroatoms. The Hall–Kier alpha value is -3.08. The molecule has 1 amide bonds. The zero-order chi connectivity index (χ0) is 24.1. The zero-order valence-corrected chi connectivity index (χ0v) is 19.7. The minimum absolute atomic E-state index is 0.0396. The summed E-state index contributed by atoms with van der Waals surface area (Å²) in [4.78, 5) is 20.1. The Morgan fingerprint density at radius 3 is 2.60 bits per heavy atom. The van der Waals surface area contributed by atoms with E-state index in [0.29, 0.717) is 23.6 Å². The number of hydrogen-bond donors (Lipinski definition) is 2. The van der Waals surface area contributed by atoms with Crippen LogP contribution in [0, 0.1) is 5.92 Å². The Balaban J connectivity index is 1.25. The molecule has 0 spiro atoms. The molecule has 2 saturated heterocycles. The van der Waals surface area contributed by atoms with Crippen molar-refractivity contribution in [3.63, 3.8) is 0 Å². The maximum absolute atomic E-state index is 13.8. The number of nitrogens with zero attached hydrogens (tertiary/aromatic N) is 6. The molecule has 35 heavy (non-hydrogen) atoms. The molecule has 6 rings (SSSR count). The van der Waals surface area contributed by atoms with E-state index < -0.39 is 18.0 Å². The Morgan fingerprint density at radius 1 is 1.14 bits per heavy atom. The molecule has 2 unspecified atom stereocenters. The number of aromatic nitrogens is 5. The molecular weight excluding hydrogens is 454 g/mol. The van der Waals surface area contributed by atoms with Gasteiger partial charge in [0.05, 0.1) is 17.9 Å². The van der Waals surface area contributed by atoms with Crippen LogP contribution in [0.15, 0.2) is 24.7 Å². The second kappa shape index (κ2) is 8.85. The van der Waals surface area contributed by atoms with E-state index in [1.807, 2.05) is 6.07 Å². The number of alkyl halides is 2. The molecule has 2 bridgehead atoms. The third-order valence-electron chi connectivity index (χ3n) is 7.71. The molecule has 3 aliphatic rings. The van der Waals surface area contributed by atoms with Gasteiger partial charge < -0.3 is 15.5 Å².